The van der Waals surface area contributed by atoms with Crippen LogP contribution in [0.1, 0.15) is 11.7 Å². The van der Waals surface area contributed by atoms with Gasteiger partial charge in [-0.25, -0.2) is 15.0 Å². The maximum atomic E-state index is 10.3. The molecule has 0 fully saturated rings. The smallest absolute Gasteiger partial charge is 0.164 e. The van der Waals surface area contributed by atoms with Crippen molar-refractivity contribution in [2.75, 3.05) is 11.9 Å². The number of halogens is 2. The van der Waals surface area contributed by atoms with Crippen LogP contribution in [0.3, 0.4) is 0 Å². The fraction of sp³-hybridized carbons (Fsp3) is 0.133. The Morgan fingerprint density at radius 2 is 2.00 bits per heavy atom. The van der Waals surface area contributed by atoms with E-state index in [0.717, 1.165) is 5.39 Å². The minimum absolute atomic E-state index is 0.252. The predicted octanol–water partition coefficient (Wildman–Crippen LogP) is 3.48. The summed E-state index contributed by atoms with van der Waals surface area (Å²) in [6.45, 7) is 0.252. The molecule has 1 unspecified atom stereocenters. The van der Waals surface area contributed by atoms with Crippen LogP contribution >= 0.6 is 23.2 Å². The average molecular weight is 335 g/mol. The van der Waals surface area contributed by atoms with Crippen LogP contribution in [0, 0.1) is 0 Å². The monoisotopic (exact) mass is 334 g/mol. The quantitative estimate of drug-likeness (QED) is 0.764. The summed E-state index contributed by atoms with van der Waals surface area (Å²) in [6.07, 6.45) is 2.31. The minimum atomic E-state index is -0.786. The van der Waals surface area contributed by atoms with Crippen molar-refractivity contribution in [3.05, 3.63) is 58.5 Å². The molecular formula is C15H12Cl2N4O. The van der Waals surface area contributed by atoms with Crippen molar-refractivity contribution in [1.82, 2.24) is 15.0 Å². The first kappa shape index (κ1) is 15.0. The summed E-state index contributed by atoms with van der Waals surface area (Å²) >= 11 is 11.9. The Morgan fingerprint density at radius 1 is 1.14 bits per heavy atom. The Bertz CT molecular complexity index is 807. The van der Waals surface area contributed by atoms with Crippen molar-refractivity contribution in [3.63, 3.8) is 0 Å². The molecule has 1 atom stereocenters. The standard InChI is InChI=1S/C15H12Cl2N4O/c16-9-3-4-10(12(17)6-9)13(22)7-19-15-11-2-1-5-18-14(11)20-8-21-15/h1-6,8,13,22H,7H2,(H,18,19,20,21). The van der Waals surface area contributed by atoms with Gasteiger partial charge < -0.3 is 10.4 Å². The number of nitrogens with zero attached hydrogens (tertiary/aromatic N) is 3. The van der Waals surface area contributed by atoms with Crippen molar-refractivity contribution in [2.45, 2.75) is 6.10 Å². The van der Waals surface area contributed by atoms with Crippen LogP contribution in [-0.2, 0) is 0 Å². The van der Waals surface area contributed by atoms with Gasteiger partial charge in [-0.1, -0.05) is 29.3 Å². The molecule has 7 heteroatoms. The van der Waals surface area contributed by atoms with Crippen LogP contribution in [0.2, 0.25) is 10.0 Å². The van der Waals surface area contributed by atoms with E-state index >= 15 is 0 Å². The summed E-state index contributed by atoms with van der Waals surface area (Å²) < 4.78 is 0. The third-order valence-corrected chi connectivity index (χ3v) is 3.76. The summed E-state index contributed by atoms with van der Waals surface area (Å²) in [4.78, 5) is 12.4. The Morgan fingerprint density at radius 3 is 2.82 bits per heavy atom. The number of aromatic nitrogens is 3. The molecule has 2 aromatic heterocycles. The molecule has 0 bridgehead atoms. The lowest BCUT2D eigenvalue weighted by molar-refractivity contribution is 0.191. The van der Waals surface area contributed by atoms with Crippen LogP contribution < -0.4 is 5.32 Å². The molecule has 5 nitrogen and oxygen atoms in total. The van der Waals surface area contributed by atoms with E-state index in [0.29, 0.717) is 27.1 Å². The van der Waals surface area contributed by atoms with Gasteiger partial charge in [-0.3, -0.25) is 0 Å². The lowest BCUT2D eigenvalue weighted by Crippen LogP contribution is -2.13. The van der Waals surface area contributed by atoms with Gasteiger partial charge in [0.1, 0.15) is 12.1 Å². The van der Waals surface area contributed by atoms with E-state index in [1.807, 2.05) is 12.1 Å². The molecule has 0 saturated heterocycles. The van der Waals surface area contributed by atoms with Crippen molar-refractivity contribution >= 4 is 40.1 Å². The van der Waals surface area contributed by atoms with E-state index in [2.05, 4.69) is 20.3 Å². The first-order valence-corrected chi connectivity index (χ1v) is 7.33. The van der Waals surface area contributed by atoms with Gasteiger partial charge in [0, 0.05) is 28.4 Å². The van der Waals surface area contributed by atoms with Crippen LogP contribution in [0.5, 0.6) is 0 Å². The van der Waals surface area contributed by atoms with Crippen LogP contribution in [0.4, 0.5) is 5.82 Å². The van der Waals surface area contributed by atoms with Crippen molar-refractivity contribution in [3.8, 4) is 0 Å². The summed E-state index contributed by atoms with van der Waals surface area (Å²) in [6, 6.07) is 8.67. The van der Waals surface area contributed by atoms with E-state index < -0.39 is 6.10 Å². The topological polar surface area (TPSA) is 70.9 Å². The lowest BCUT2D eigenvalue weighted by atomic mass is 10.1. The molecule has 2 N–H and O–H groups in total. The number of hydrogen-bond acceptors (Lipinski definition) is 5. The largest absolute Gasteiger partial charge is 0.387 e. The lowest BCUT2D eigenvalue weighted by Gasteiger charge is -2.15. The fourth-order valence-electron chi connectivity index (χ4n) is 2.11. The second-order valence-corrected chi connectivity index (χ2v) is 5.50. The zero-order valence-corrected chi connectivity index (χ0v) is 12.9. The molecule has 0 aliphatic heterocycles. The molecule has 3 rings (SSSR count). The first-order valence-electron chi connectivity index (χ1n) is 6.58. The SMILES string of the molecule is OC(CNc1ncnc2ncccc12)c1ccc(Cl)cc1Cl. The zero-order chi connectivity index (χ0) is 15.5. The van der Waals surface area contributed by atoms with Crippen LogP contribution in [0.15, 0.2) is 42.9 Å². The fourth-order valence-corrected chi connectivity index (χ4v) is 2.65. The highest BCUT2D eigenvalue weighted by Crippen LogP contribution is 2.27. The van der Waals surface area contributed by atoms with Crippen LogP contribution in [-0.4, -0.2) is 26.6 Å². The Kier molecular flexibility index (Phi) is 4.38. The molecular weight excluding hydrogens is 323 g/mol. The van der Waals surface area contributed by atoms with Gasteiger partial charge in [0.15, 0.2) is 5.65 Å². The van der Waals surface area contributed by atoms with Crippen LogP contribution in [0.25, 0.3) is 11.0 Å². The molecule has 1 aromatic carbocycles. The molecule has 112 valence electrons. The van der Waals surface area contributed by atoms with Gasteiger partial charge in [-0.05, 0) is 24.3 Å². The van der Waals surface area contributed by atoms with Gasteiger partial charge in [-0.15, -0.1) is 0 Å². The molecule has 2 heterocycles. The highest BCUT2D eigenvalue weighted by molar-refractivity contribution is 6.35. The third-order valence-electron chi connectivity index (χ3n) is 3.19. The third kappa shape index (κ3) is 3.11. The van der Waals surface area contributed by atoms with Gasteiger partial charge in [0.05, 0.1) is 11.5 Å². The molecule has 0 amide bonds. The Labute approximate surface area is 137 Å². The molecule has 0 aliphatic carbocycles. The number of nitrogens with one attached hydrogen (secondary N) is 1. The number of anilines is 1. The van der Waals surface area contributed by atoms with E-state index in [1.165, 1.54) is 6.33 Å². The van der Waals surface area contributed by atoms with Gasteiger partial charge >= 0.3 is 0 Å². The van der Waals surface area contributed by atoms with Gasteiger partial charge in [0.2, 0.25) is 0 Å². The maximum Gasteiger partial charge on any atom is 0.164 e. The molecule has 22 heavy (non-hydrogen) atoms. The second-order valence-electron chi connectivity index (χ2n) is 4.66. The maximum absolute atomic E-state index is 10.3. The Hall–Kier alpha value is -1.95. The van der Waals surface area contributed by atoms with E-state index in [1.54, 1.807) is 24.4 Å². The highest BCUT2D eigenvalue weighted by atomic mass is 35.5. The number of hydrogen-bond donors (Lipinski definition) is 2. The summed E-state index contributed by atoms with van der Waals surface area (Å²) in [5.41, 5.74) is 1.20. The number of rotatable bonds is 4. The molecule has 0 spiro atoms. The van der Waals surface area contributed by atoms with E-state index in [-0.39, 0.29) is 6.54 Å². The Balaban J connectivity index is 1.79. The number of aliphatic hydroxyl groups is 1. The second kappa shape index (κ2) is 6.44. The highest BCUT2D eigenvalue weighted by Gasteiger charge is 2.13. The number of fused-ring (bicyclic) bond motifs is 1. The van der Waals surface area contributed by atoms with Crippen molar-refractivity contribution in [2.24, 2.45) is 0 Å². The number of pyridine rings is 1. The average Bonchev–Trinajstić information content (AvgIpc) is 2.52. The molecule has 3 aromatic rings. The predicted molar refractivity (Wildman–Crippen MR) is 87.2 cm³/mol. The van der Waals surface area contributed by atoms with Crippen molar-refractivity contribution < 1.29 is 5.11 Å². The molecule has 0 aliphatic rings. The van der Waals surface area contributed by atoms with E-state index in [4.69, 9.17) is 23.2 Å². The normalized spacial score (nSPS) is 12.3. The number of aliphatic hydroxyl groups excluding tert-OH is 1. The first-order chi connectivity index (χ1) is 10.6. The zero-order valence-electron chi connectivity index (χ0n) is 11.4. The molecule has 0 saturated carbocycles. The number of benzene rings is 1. The van der Waals surface area contributed by atoms with Crippen molar-refractivity contribution in [1.29, 1.82) is 0 Å². The van der Waals surface area contributed by atoms with Gasteiger partial charge in [-0.2, -0.15) is 0 Å². The molecule has 0 radical (unpaired) electrons. The summed E-state index contributed by atoms with van der Waals surface area (Å²) in [7, 11) is 0. The minimum Gasteiger partial charge on any atom is -0.387 e. The summed E-state index contributed by atoms with van der Waals surface area (Å²) in [5, 5.41) is 15.1. The van der Waals surface area contributed by atoms with E-state index in [9.17, 15) is 5.11 Å². The van der Waals surface area contributed by atoms with Gasteiger partial charge in [0.25, 0.3) is 0 Å². The summed E-state index contributed by atoms with van der Waals surface area (Å²) in [5.74, 6) is 0.613.